The first kappa shape index (κ1) is 87.1. The third kappa shape index (κ3) is 64.6. The minimum Gasteiger partial charge on any atom is -0.462 e. The number of ether oxygens (including phenoxy) is 4. The number of rotatable bonds is 70. The maximum atomic E-state index is 13.0. The van der Waals surface area contributed by atoms with Crippen LogP contribution >= 0.6 is 15.6 Å². The van der Waals surface area contributed by atoms with E-state index in [2.05, 4.69) is 34.6 Å². The Morgan fingerprint density at radius 1 is 0.303 bits per heavy atom. The summed E-state index contributed by atoms with van der Waals surface area (Å²) in [6.45, 7) is 7.17. The van der Waals surface area contributed by atoms with Gasteiger partial charge in [0.1, 0.15) is 19.3 Å². The van der Waals surface area contributed by atoms with E-state index in [9.17, 15) is 43.2 Å². The Balaban J connectivity index is 5.14. The van der Waals surface area contributed by atoms with Gasteiger partial charge < -0.3 is 33.8 Å². The molecule has 17 nitrogen and oxygen atoms in total. The Labute approximate surface area is 543 Å². The molecule has 0 bridgehead atoms. The molecule has 0 aliphatic heterocycles. The van der Waals surface area contributed by atoms with Crippen LogP contribution in [0.2, 0.25) is 0 Å². The fourth-order valence-electron chi connectivity index (χ4n) is 10.6. The van der Waals surface area contributed by atoms with Gasteiger partial charge in [0, 0.05) is 25.7 Å². The number of esters is 4. The minimum atomic E-state index is -4.95. The number of aliphatic hydroxyl groups is 1. The normalized spacial score (nSPS) is 14.1. The van der Waals surface area contributed by atoms with Crippen LogP contribution in [0.15, 0.2) is 0 Å². The molecule has 0 amide bonds. The van der Waals surface area contributed by atoms with E-state index < -0.39 is 97.5 Å². The van der Waals surface area contributed by atoms with Crippen LogP contribution in [-0.2, 0) is 65.4 Å². The predicted molar refractivity (Wildman–Crippen MR) is 358 cm³/mol. The molecule has 0 spiro atoms. The highest BCUT2D eigenvalue weighted by Crippen LogP contribution is 2.45. The largest absolute Gasteiger partial charge is 0.472 e. The van der Waals surface area contributed by atoms with Crippen molar-refractivity contribution >= 4 is 39.5 Å². The summed E-state index contributed by atoms with van der Waals surface area (Å²) in [5, 5.41) is 10.5. The maximum absolute atomic E-state index is 13.0. The van der Waals surface area contributed by atoms with Gasteiger partial charge in [-0.1, -0.05) is 311 Å². The molecule has 0 rings (SSSR count). The second kappa shape index (κ2) is 63.5. The van der Waals surface area contributed by atoms with Crippen LogP contribution in [0.5, 0.6) is 0 Å². The molecule has 0 aromatic carbocycles. The average molecular weight is 1310 g/mol. The highest BCUT2D eigenvalue weighted by molar-refractivity contribution is 7.47. The average Bonchev–Trinajstić information content (AvgIpc) is 3.60. The number of phosphoric ester groups is 2. The smallest absolute Gasteiger partial charge is 0.462 e. The van der Waals surface area contributed by atoms with Gasteiger partial charge in [-0.3, -0.25) is 37.3 Å². The molecule has 0 saturated heterocycles. The summed E-state index contributed by atoms with van der Waals surface area (Å²) < 4.78 is 68.0. The van der Waals surface area contributed by atoms with E-state index in [-0.39, 0.29) is 25.7 Å². The molecule has 0 fully saturated rings. The van der Waals surface area contributed by atoms with E-state index in [1.165, 1.54) is 180 Å². The zero-order valence-corrected chi connectivity index (χ0v) is 59.4. The highest BCUT2D eigenvalue weighted by Gasteiger charge is 2.30. The molecule has 0 aromatic heterocycles. The van der Waals surface area contributed by atoms with Crippen molar-refractivity contribution in [2.24, 2.45) is 5.92 Å². The highest BCUT2D eigenvalue weighted by atomic mass is 31.2. The number of carbonyl (C=O) groups is 4. The number of unbranched alkanes of at least 4 members (excludes halogenated alkanes) is 42. The van der Waals surface area contributed by atoms with E-state index in [4.69, 9.17) is 37.0 Å². The van der Waals surface area contributed by atoms with Crippen molar-refractivity contribution in [1.82, 2.24) is 0 Å². The topological polar surface area (TPSA) is 237 Å². The van der Waals surface area contributed by atoms with Gasteiger partial charge in [-0.2, -0.15) is 0 Å². The molecule has 528 valence electrons. The summed E-state index contributed by atoms with van der Waals surface area (Å²) in [6, 6.07) is 0. The second-order valence-corrected chi connectivity index (χ2v) is 28.7. The third-order valence-corrected chi connectivity index (χ3v) is 18.2. The molecular formula is C70H136O17P2. The van der Waals surface area contributed by atoms with E-state index in [1.54, 1.807) is 0 Å². The standard InChI is InChI=1S/C70H136O17P2/c1-6-9-12-15-17-19-21-22-23-24-25-29-32-36-39-44-49-54-68(73)81-60-66(87-70(75)56-51-46-41-37-33-30-27-26-28-31-34-38-43-47-52-63(4)5)62-85-89(78,79)83-58-64(71)57-82-88(76,77)84-61-65(59-80-67(72)53-48-42-14-11-8-3)86-69(74)55-50-45-40-35-20-18-16-13-10-7-2/h63-66,71H,6-62H2,1-5H3,(H,76,77)(H,78,79)/t64-,65+,66+/m0/s1. The fraction of sp³-hybridized carbons (Fsp3) is 0.943. The summed E-state index contributed by atoms with van der Waals surface area (Å²) in [5.74, 6) is -1.34. The lowest BCUT2D eigenvalue weighted by molar-refractivity contribution is -0.161. The molecule has 0 saturated carbocycles. The van der Waals surface area contributed by atoms with Crippen LogP contribution in [0.25, 0.3) is 0 Å². The van der Waals surface area contributed by atoms with Crippen molar-refractivity contribution in [2.45, 2.75) is 380 Å². The van der Waals surface area contributed by atoms with Crippen LogP contribution < -0.4 is 0 Å². The van der Waals surface area contributed by atoms with Crippen molar-refractivity contribution in [3.63, 3.8) is 0 Å². The van der Waals surface area contributed by atoms with Crippen molar-refractivity contribution in [3.05, 3.63) is 0 Å². The van der Waals surface area contributed by atoms with Crippen LogP contribution in [-0.4, -0.2) is 96.7 Å². The second-order valence-electron chi connectivity index (χ2n) is 25.7. The van der Waals surface area contributed by atoms with E-state index in [0.717, 1.165) is 102 Å². The first-order valence-electron chi connectivity index (χ1n) is 36.6. The van der Waals surface area contributed by atoms with Gasteiger partial charge in [-0.15, -0.1) is 0 Å². The Kier molecular flexibility index (Phi) is 62.1. The summed E-state index contributed by atoms with van der Waals surface area (Å²) >= 11 is 0. The Bertz CT molecular complexity index is 1720. The number of aliphatic hydroxyl groups excluding tert-OH is 1. The number of phosphoric acid groups is 2. The molecule has 0 aromatic rings. The zero-order chi connectivity index (χ0) is 65.6. The molecular weight excluding hydrogens is 1170 g/mol. The summed E-state index contributed by atoms with van der Waals surface area (Å²) in [5.41, 5.74) is 0. The van der Waals surface area contributed by atoms with Crippen LogP contribution in [0, 0.1) is 5.92 Å². The lowest BCUT2D eigenvalue weighted by atomic mass is 10.0. The number of hydrogen-bond donors (Lipinski definition) is 3. The van der Waals surface area contributed by atoms with E-state index in [0.29, 0.717) is 25.7 Å². The van der Waals surface area contributed by atoms with Crippen LogP contribution in [0.3, 0.4) is 0 Å². The summed E-state index contributed by atoms with van der Waals surface area (Å²) in [7, 11) is -9.89. The monoisotopic (exact) mass is 1310 g/mol. The van der Waals surface area contributed by atoms with Gasteiger partial charge in [0.25, 0.3) is 0 Å². The maximum Gasteiger partial charge on any atom is 0.472 e. The molecule has 19 heteroatoms. The molecule has 5 atom stereocenters. The van der Waals surface area contributed by atoms with Crippen molar-refractivity contribution in [1.29, 1.82) is 0 Å². The molecule has 89 heavy (non-hydrogen) atoms. The quantitative estimate of drug-likeness (QED) is 0.0222. The van der Waals surface area contributed by atoms with Gasteiger partial charge in [0.2, 0.25) is 0 Å². The van der Waals surface area contributed by atoms with Gasteiger partial charge in [-0.05, 0) is 31.6 Å². The predicted octanol–water partition coefficient (Wildman–Crippen LogP) is 20.1. The molecule has 0 aliphatic carbocycles. The first-order valence-corrected chi connectivity index (χ1v) is 39.6. The van der Waals surface area contributed by atoms with Crippen molar-refractivity contribution in [3.8, 4) is 0 Å². The Morgan fingerprint density at radius 2 is 0.517 bits per heavy atom. The number of carbonyl (C=O) groups excluding carboxylic acids is 4. The number of hydrogen-bond acceptors (Lipinski definition) is 15. The van der Waals surface area contributed by atoms with E-state index in [1.807, 2.05) is 0 Å². The lowest BCUT2D eigenvalue weighted by Gasteiger charge is -2.21. The Morgan fingerprint density at radius 3 is 0.764 bits per heavy atom. The van der Waals surface area contributed by atoms with Crippen LogP contribution in [0.1, 0.15) is 362 Å². The lowest BCUT2D eigenvalue weighted by Crippen LogP contribution is -2.30. The SMILES string of the molecule is CCCCCCCCCCCCCCCCCCCC(=O)OC[C@H](COP(=O)(O)OC[C@@H](O)COP(=O)(O)OC[C@@H](COC(=O)CCCCCCC)OC(=O)CCCCCCCCCCCC)OC(=O)CCCCCCCCCCCCCCCCC(C)C. The van der Waals surface area contributed by atoms with Gasteiger partial charge in [-0.25, -0.2) is 9.13 Å². The summed E-state index contributed by atoms with van der Waals surface area (Å²) in [4.78, 5) is 72.2. The Hall–Kier alpha value is -1.94. The van der Waals surface area contributed by atoms with Gasteiger partial charge in [0.05, 0.1) is 26.4 Å². The molecule has 2 unspecified atom stereocenters. The molecule has 0 heterocycles. The van der Waals surface area contributed by atoms with Crippen LogP contribution in [0.4, 0.5) is 0 Å². The van der Waals surface area contributed by atoms with Gasteiger partial charge >= 0.3 is 39.5 Å². The minimum absolute atomic E-state index is 0.106. The van der Waals surface area contributed by atoms with E-state index >= 15 is 0 Å². The van der Waals surface area contributed by atoms with Crippen molar-refractivity contribution < 1.29 is 80.2 Å². The zero-order valence-electron chi connectivity index (χ0n) is 57.6. The third-order valence-electron chi connectivity index (χ3n) is 16.3. The van der Waals surface area contributed by atoms with Gasteiger partial charge in [0.15, 0.2) is 12.2 Å². The first-order chi connectivity index (χ1) is 43.0. The molecule has 0 aliphatic rings. The van der Waals surface area contributed by atoms with Crippen molar-refractivity contribution in [2.75, 3.05) is 39.6 Å². The molecule has 3 N–H and O–H groups in total. The summed E-state index contributed by atoms with van der Waals surface area (Å²) in [6.07, 6.45) is 50.3. The fourth-order valence-corrected chi connectivity index (χ4v) is 12.2. The molecule has 0 radical (unpaired) electrons.